The molecule has 25 heavy (non-hydrogen) atoms. The van der Waals surface area contributed by atoms with Crippen LogP contribution in [0.25, 0.3) is 22.5 Å². The number of hydrogen-bond acceptors (Lipinski definition) is 2. The van der Waals surface area contributed by atoms with Crippen molar-refractivity contribution in [1.29, 1.82) is 0 Å². The van der Waals surface area contributed by atoms with Crippen LogP contribution in [0.2, 0.25) is 0 Å². The minimum atomic E-state index is -4.39. The lowest BCUT2D eigenvalue weighted by atomic mass is 9.96. The smallest absolute Gasteiger partial charge is 0.341 e. The summed E-state index contributed by atoms with van der Waals surface area (Å²) >= 11 is 0. The summed E-state index contributed by atoms with van der Waals surface area (Å²) in [4.78, 5) is 11.9. The second-order valence-electron chi connectivity index (χ2n) is 6.87. The molecule has 2 aromatic heterocycles. The van der Waals surface area contributed by atoms with Crippen molar-refractivity contribution in [2.45, 2.75) is 32.4 Å². The van der Waals surface area contributed by atoms with Gasteiger partial charge in [-0.05, 0) is 24.3 Å². The molecule has 6 heteroatoms. The molecule has 0 atom stereocenters. The summed E-state index contributed by atoms with van der Waals surface area (Å²) in [6.07, 6.45) is -1.11. The number of rotatable bonds is 2. The number of aromatic amines is 1. The van der Waals surface area contributed by atoms with Crippen LogP contribution >= 0.6 is 0 Å². The van der Waals surface area contributed by atoms with E-state index in [9.17, 15) is 13.2 Å². The SMILES string of the molecule is CC(C)(C)c1nc(-c2cccc(C(F)(F)F)c2)c(-c2ccncc2)[nH]1. The maximum atomic E-state index is 13.1. The number of aromatic nitrogens is 3. The van der Waals surface area contributed by atoms with Crippen LogP contribution in [-0.4, -0.2) is 15.0 Å². The molecule has 0 unspecified atom stereocenters. The molecular weight excluding hydrogens is 327 g/mol. The molecule has 0 saturated carbocycles. The first-order valence-corrected chi connectivity index (χ1v) is 7.85. The Morgan fingerprint density at radius 3 is 2.20 bits per heavy atom. The van der Waals surface area contributed by atoms with Crippen LogP contribution in [0.3, 0.4) is 0 Å². The normalized spacial score (nSPS) is 12.4. The van der Waals surface area contributed by atoms with E-state index in [4.69, 9.17) is 0 Å². The number of alkyl halides is 3. The lowest BCUT2D eigenvalue weighted by Crippen LogP contribution is -2.13. The molecule has 0 fully saturated rings. The van der Waals surface area contributed by atoms with Crippen LogP contribution in [0, 0.1) is 0 Å². The molecule has 0 saturated heterocycles. The molecule has 1 aromatic carbocycles. The van der Waals surface area contributed by atoms with E-state index in [1.54, 1.807) is 30.6 Å². The third-order valence-corrected chi connectivity index (χ3v) is 3.85. The van der Waals surface area contributed by atoms with Crippen LogP contribution in [0.5, 0.6) is 0 Å². The molecule has 0 aliphatic rings. The average molecular weight is 345 g/mol. The molecule has 2 heterocycles. The molecule has 0 bridgehead atoms. The van der Waals surface area contributed by atoms with Crippen molar-refractivity contribution in [3.63, 3.8) is 0 Å². The first-order valence-electron chi connectivity index (χ1n) is 7.85. The molecular formula is C19H18F3N3. The zero-order valence-electron chi connectivity index (χ0n) is 14.1. The number of benzene rings is 1. The van der Waals surface area contributed by atoms with E-state index in [0.29, 0.717) is 22.8 Å². The third kappa shape index (κ3) is 3.57. The number of H-pyrrole nitrogens is 1. The quantitative estimate of drug-likeness (QED) is 0.670. The van der Waals surface area contributed by atoms with Gasteiger partial charge in [-0.25, -0.2) is 4.98 Å². The van der Waals surface area contributed by atoms with Crippen LogP contribution in [0.1, 0.15) is 32.2 Å². The molecule has 3 nitrogen and oxygen atoms in total. The van der Waals surface area contributed by atoms with Gasteiger partial charge in [-0.2, -0.15) is 13.2 Å². The van der Waals surface area contributed by atoms with Crippen molar-refractivity contribution in [2.75, 3.05) is 0 Å². The summed E-state index contributed by atoms with van der Waals surface area (Å²) in [5, 5.41) is 0. The van der Waals surface area contributed by atoms with Crippen LogP contribution < -0.4 is 0 Å². The first kappa shape index (κ1) is 17.2. The highest BCUT2D eigenvalue weighted by Gasteiger charge is 2.31. The van der Waals surface area contributed by atoms with Crippen molar-refractivity contribution >= 4 is 0 Å². The zero-order valence-corrected chi connectivity index (χ0v) is 14.1. The van der Waals surface area contributed by atoms with Crippen molar-refractivity contribution in [3.05, 3.63) is 60.2 Å². The van der Waals surface area contributed by atoms with Crippen LogP contribution in [0.4, 0.5) is 13.2 Å². The van der Waals surface area contributed by atoms with Crippen molar-refractivity contribution in [3.8, 4) is 22.5 Å². The summed E-state index contributed by atoms with van der Waals surface area (Å²) in [6.45, 7) is 5.99. The van der Waals surface area contributed by atoms with Gasteiger partial charge in [-0.15, -0.1) is 0 Å². The topological polar surface area (TPSA) is 41.6 Å². The van der Waals surface area contributed by atoms with Gasteiger partial charge in [-0.1, -0.05) is 32.9 Å². The Balaban J connectivity index is 2.20. The third-order valence-electron chi connectivity index (χ3n) is 3.85. The Morgan fingerprint density at radius 1 is 0.920 bits per heavy atom. The molecule has 0 aliphatic heterocycles. The molecule has 0 spiro atoms. The highest BCUT2D eigenvalue weighted by molar-refractivity contribution is 5.78. The van der Waals surface area contributed by atoms with Gasteiger partial charge in [0.2, 0.25) is 0 Å². The maximum Gasteiger partial charge on any atom is 0.416 e. The number of imidazole rings is 1. The van der Waals surface area contributed by atoms with Crippen molar-refractivity contribution in [2.24, 2.45) is 0 Å². The largest absolute Gasteiger partial charge is 0.416 e. The van der Waals surface area contributed by atoms with E-state index >= 15 is 0 Å². The predicted molar refractivity (Wildman–Crippen MR) is 91.0 cm³/mol. The van der Waals surface area contributed by atoms with Crippen molar-refractivity contribution < 1.29 is 13.2 Å². The molecule has 1 N–H and O–H groups in total. The summed E-state index contributed by atoms with van der Waals surface area (Å²) in [5.41, 5.74) is 1.49. The lowest BCUT2D eigenvalue weighted by Gasteiger charge is -2.14. The monoisotopic (exact) mass is 345 g/mol. The summed E-state index contributed by atoms with van der Waals surface area (Å²) in [6, 6.07) is 8.84. The summed E-state index contributed by atoms with van der Waals surface area (Å²) < 4.78 is 39.2. The second kappa shape index (κ2) is 6.02. The maximum absolute atomic E-state index is 13.1. The van der Waals surface area contributed by atoms with E-state index in [2.05, 4.69) is 15.0 Å². The molecule has 0 radical (unpaired) electrons. The fourth-order valence-electron chi connectivity index (χ4n) is 2.51. The van der Waals surface area contributed by atoms with E-state index in [1.165, 1.54) is 6.07 Å². The minimum absolute atomic E-state index is 0.262. The fourth-order valence-corrected chi connectivity index (χ4v) is 2.51. The zero-order chi connectivity index (χ0) is 18.2. The number of halogens is 3. The number of nitrogens with zero attached hydrogens (tertiary/aromatic N) is 2. The Labute approximate surface area is 144 Å². The van der Waals surface area contributed by atoms with Gasteiger partial charge in [0.05, 0.1) is 17.0 Å². The van der Waals surface area contributed by atoms with E-state index in [0.717, 1.165) is 17.7 Å². The van der Waals surface area contributed by atoms with Crippen LogP contribution in [0.15, 0.2) is 48.8 Å². The number of nitrogens with one attached hydrogen (secondary N) is 1. The van der Waals surface area contributed by atoms with Gasteiger partial charge in [-0.3, -0.25) is 4.98 Å². The van der Waals surface area contributed by atoms with Gasteiger partial charge < -0.3 is 4.98 Å². The highest BCUT2D eigenvalue weighted by Crippen LogP contribution is 2.36. The van der Waals surface area contributed by atoms with Crippen LogP contribution in [-0.2, 0) is 11.6 Å². The van der Waals surface area contributed by atoms with E-state index in [1.807, 2.05) is 20.8 Å². The fraction of sp³-hybridized carbons (Fsp3) is 0.263. The first-order chi connectivity index (χ1) is 11.7. The van der Waals surface area contributed by atoms with E-state index < -0.39 is 11.7 Å². The summed E-state index contributed by atoms with van der Waals surface area (Å²) in [5.74, 6) is 0.715. The van der Waals surface area contributed by atoms with Gasteiger partial charge >= 0.3 is 6.18 Å². The minimum Gasteiger partial charge on any atom is -0.341 e. The molecule has 0 amide bonds. The molecule has 3 aromatic rings. The van der Waals surface area contributed by atoms with E-state index in [-0.39, 0.29) is 5.41 Å². The Bertz CT molecular complexity index is 875. The highest BCUT2D eigenvalue weighted by atomic mass is 19.4. The molecule has 3 rings (SSSR count). The molecule has 130 valence electrons. The average Bonchev–Trinajstić information content (AvgIpc) is 3.00. The van der Waals surface area contributed by atoms with Gasteiger partial charge in [0.15, 0.2) is 0 Å². The standard InChI is InChI=1S/C19H18F3N3/c1-18(2,3)17-24-15(12-7-9-23-10-8-12)16(25-17)13-5-4-6-14(11-13)19(20,21)22/h4-11H,1-3H3,(H,24,25). The summed E-state index contributed by atoms with van der Waals surface area (Å²) in [7, 11) is 0. The predicted octanol–water partition coefficient (Wildman–Crippen LogP) is 5.46. The lowest BCUT2D eigenvalue weighted by molar-refractivity contribution is -0.137. The number of pyridine rings is 1. The molecule has 0 aliphatic carbocycles. The van der Waals surface area contributed by atoms with Crippen molar-refractivity contribution in [1.82, 2.24) is 15.0 Å². The Kier molecular flexibility index (Phi) is 4.14. The Morgan fingerprint density at radius 2 is 1.60 bits per heavy atom. The van der Waals surface area contributed by atoms with Gasteiger partial charge in [0.25, 0.3) is 0 Å². The second-order valence-corrected chi connectivity index (χ2v) is 6.87. The Hall–Kier alpha value is -2.63. The number of hydrogen-bond donors (Lipinski definition) is 1. The van der Waals surface area contributed by atoms with Gasteiger partial charge in [0, 0.05) is 28.9 Å². The van der Waals surface area contributed by atoms with Gasteiger partial charge in [0.1, 0.15) is 5.82 Å².